The summed E-state index contributed by atoms with van der Waals surface area (Å²) < 4.78 is 0. The van der Waals surface area contributed by atoms with Crippen molar-refractivity contribution in [2.45, 2.75) is 78.7 Å². The Balaban J connectivity index is 2.50. The molecule has 1 unspecified atom stereocenters. The molecular weight excluding hydrogens is 248 g/mol. The van der Waals surface area contributed by atoms with Crippen LogP contribution in [0.1, 0.15) is 72.6 Å². The largest absolute Gasteiger partial charge is 0.340 e. The van der Waals surface area contributed by atoms with Gasteiger partial charge in [0.25, 0.3) is 0 Å². The quantitative estimate of drug-likeness (QED) is 0.776. The van der Waals surface area contributed by atoms with Gasteiger partial charge < -0.3 is 10.6 Å². The van der Waals surface area contributed by atoms with Crippen molar-refractivity contribution in [1.82, 2.24) is 4.90 Å². The smallest absolute Gasteiger partial charge is 0.222 e. The van der Waals surface area contributed by atoms with Crippen LogP contribution in [0.25, 0.3) is 0 Å². The fourth-order valence-corrected chi connectivity index (χ4v) is 3.51. The van der Waals surface area contributed by atoms with Crippen LogP contribution >= 0.6 is 0 Å². The fourth-order valence-electron chi connectivity index (χ4n) is 3.51. The maximum atomic E-state index is 12.5. The molecule has 3 heteroatoms. The van der Waals surface area contributed by atoms with Gasteiger partial charge in [0.2, 0.25) is 5.91 Å². The highest BCUT2D eigenvalue weighted by atomic mass is 16.2. The lowest BCUT2D eigenvalue weighted by molar-refractivity contribution is -0.133. The molecule has 0 saturated heterocycles. The van der Waals surface area contributed by atoms with Gasteiger partial charge in [0.15, 0.2) is 0 Å². The van der Waals surface area contributed by atoms with Gasteiger partial charge in [-0.05, 0) is 50.5 Å². The van der Waals surface area contributed by atoms with E-state index in [0.29, 0.717) is 24.3 Å². The molecule has 0 aromatic heterocycles. The summed E-state index contributed by atoms with van der Waals surface area (Å²) in [5.41, 5.74) is 5.96. The van der Waals surface area contributed by atoms with Crippen LogP contribution in [0.2, 0.25) is 0 Å². The topological polar surface area (TPSA) is 46.3 Å². The first-order valence-electron chi connectivity index (χ1n) is 8.39. The summed E-state index contributed by atoms with van der Waals surface area (Å²) in [5, 5.41) is 0. The van der Waals surface area contributed by atoms with Crippen molar-refractivity contribution >= 4 is 5.91 Å². The number of carbonyl (C=O) groups is 1. The number of carbonyl (C=O) groups excluding carboxylic acids is 1. The van der Waals surface area contributed by atoms with Gasteiger partial charge in [0.1, 0.15) is 0 Å². The third-order valence-electron chi connectivity index (χ3n) is 4.87. The normalized spacial score (nSPS) is 18.2. The van der Waals surface area contributed by atoms with E-state index in [9.17, 15) is 4.79 Å². The highest BCUT2D eigenvalue weighted by Gasteiger charge is 2.28. The van der Waals surface area contributed by atoms with E-state index in [-0.39, 0.29) is 5.41 Å². The van der Waals surface area contributed by atoms with Crippen LogP contribution in [0.4, 0.5) is 0 Å². The Labute approximate surface area is 125 Å². The Morgan fingerprint density at radius 1 is 1.25 bits per heavy atom. The van der Waals surface area contributed by atoms with E-state index in [1.807, 2.05) is 0 Å². The zero-order chi connectivity index (χ0) is 15.2. The van der Waals surface area contributed by atoms with Gasteiger partial charge in [0, 0.05) is 19.0 Å². The van der Waals surface area contributed by atoms with Crippen molar-refractivity contribution < 1.29 is 4.79 Å². The van der Waals surface area contributed by atoms with Gasteiger partial charge in [-0.25, -0.2) is 0 Å². The molecule has 0 radical (unpaired) electrons. The van der Waals surface area contributed by atoms with Crippen molar-refractivity contribution in [3.63, 3.8) is 0 Å². The summed E-state index contributed by atoms with van der Waals surface area (Å²) in [5.74, 6) is 0.893. The fraction of sp³-hybridized carbons (Fsp3) is 0.941. The molecule has 0 heterocycles. The number of nitrogens with zero attached hydrogens (tertiary/aromatic N) is 1. The first-order chi connectivity index (χ1) is 9.40. The molecule has 2 N–H and O–H groups in total. The molecule has 0 bridgehead atoms. The lowest BCUT2D eigenvalue weighted by Crippen LogP contribution is -2.39. The van der Waals surface area contributed by atoms with E-state index >= 15 is 0 Å². The van der Waals surface area contributed by atoms with Crippen molar-refractivity contribution in [3.05, 3.63) is 0 Å². The van der Waals surface area contributed by atoms with Crippen LogP contribution in [0, 0.1) is 11.3 Å². The monoisotopic (exact) mass is 282 g/mol. The van der Waals surface area contributed by atoms with E-state index in [2.05, 4.69) is 32.6 Å². The van der Waals surface area contributed by atoms with Gasteiger partial charge in [-0.15, -0.1) is 0 Å². The zero-order valence-corrected chi connectivity index (χ0v) is 14.0. The van der Waals surface area contributed by atoms with E-state index < -0.39 is 0 Å². The number of hydrogen-bond acceptors (Lipinski definition) is 2. The average molecular weight is 282 g/mol. The summed E-state index contributed by atoms with van der Waals surface area (Å²) in [6.07, 6.45) is 7.65. The summed E-state index contributed by atoms with van der Waals surface area (Å²) in [6, 6.07) is 0.509. The molecule has 1 rings (SSSR count). The Hall–Kier alpha value is -0.570. The average Bonchev–Trinajstić information content (AvgIpc) is 2.87. The van der Waals surface area contributed by atoms with E-state index in [1.165, 1.54) is 25.7 Å². The molecule has 0 spiro atoms. The van der Waals surface area contributed by atoms with Crippen molar-refractivity contribution in [1.29, 1.82) is 0 Å². The second-order valence-corrected chi connectivity index (χ2v) is 7.30. The first kappa shape index (κ1) is 17.5. The van der Waals surface area contributed by atoms with Crippen molar-refractivity contribution in [3.8, 4) is 0 Å². The number of hydrogen-bond donors (Lipinski definition) is 1. The predicted molar refractivity (Wildman–Crippen MR) is 85.5 cm³/mol. The van der Waals surface area contributed by atoms with E-state index in [1.54, 1.807) is 0 Å². The standard InChI is InChI=1S/C17H34N2O/c1-5-19(15-8-6-7-9-15)16(20)11-10-14(12-13-18)17(2,3)4/h14-15H,5-13,18H2,1-4H3. The maximum absolute atomic E-state index is 12.5. The molecule has 118 valence electrons. The Kier molecular flexibility index (Phi) is 7.01. The predicted octanol–water partition coefficient (Wildman–Crippen LogP) is 3.57. The molecule has 1 atom stereocenters. The van der Waals surface area contributed by atoms with Crippen LogP contribution in [0.15, 0.2) is 0 Å². The second kappa shape index (κ2) is 8.02. The molecular formula is C17H34N2O. The molecule has 1 amide bonds. The van der Waals surface area contributed by atoms with Gasteiger partial charge in [0.05, 0.1) is 0 Å². The second-order valence-electron chi connectivity index (χ2n) is 7.30. The first-order valence-corrected chi connectivity index (χ1v) is 8.39. The van der Waals surface area contributed by atoms with Crippen molar-refractivity contribution in [2.75, 3.05) is 13.1 Å². The highest BCUT2D eigenvalue weighted by Crippen LogP contribution is 2.32. The SMILES string of the molecule is CCN(C(=O)CCC(CCN)C(C)(C)C)C1CCCC1. The summed E-state index contributed by atoms with van der Waals surface area (Å²) in [7, 11) is 0. The lowest BCUT2D eigenvalue weighted by atomic mass is 9.76. The molecule has 0 aromatic rings. The molecule has 1 aliphatic carbocycles. The third kappa shape index (κ3) is 5.08. The van der Waals surface area contributed by atoms with Gasteiger partial charge >= 0.3 is 0 Å². The van der Waals surface area contributed by atoms with Gasteiger partial charge in [-0.1, -0.05) is 33.6 Å². The molecule has 1 aliphatic rings. The zero-order valence-electron chi connectivity index (χ0n) is 14.0. The minimum Gasteiger partial charge on any atom is -0.340 e. The number of nitrogens with two attached hydrogens (primary N) is 1. The van der Waals surface area contributed by atoms with Crippen LogP contribution < -0.4 is 5.73 Å². The number of amides is 1. The molecule has 0 aromatic carbocycles. The van der Waals surface area contributed by atoms with Crippen LogP contribution in [-0.4, -0.2) is 29.9 Å². The summed E-state index contributed by atoms with van der Waals surface area (Å²) in [4.78, 5) is 14.6. The molecule has 1 saturated carbocycles. The molecule has 20 heavy (non-hydrogen) atoms. The summed E-state index contributed by atoms with van der Waals surface area (Å²) >= 11 is 0. The summed E-state index contributed by atoms with van der Waals surface area (Å²) in [6.45, 7) is 10.5. The maximum Gasteiger partial charge on any atom is 0.222 e. The third-order valence-corrected chi connectivity index (χ3v) is 4.87. The van der Waals surface area contributed by atoms with Gasteiger partial charge in [-0.2, -0.15) is 0 Å². The molecule has 3 nitrogen and oxygen atoms in total. The van der Waals surface area contributed by atoms with Gasteiger partial charge in [-0.3, -0.25) is 4.79 Å². The Morgan fingerprint density at radius 3 is 2.30 bits per heavy atom. The molecule has 1 fully saturated rings. The number of rotatable bonds is 7. The van der Waals surface area contributed by atoms with Crippen molar-refractivity contribution in [2.24, 2.45) is 17.1 Å². The highest BCUT2D eigenvalue weighted by molar-refractivity contribution is 5.76. The van der Waals surface area contributed by atoms with E-state index in [4.69, 9.17) is 5.73 Å². The minimum atomic E-state index is 0.240. The van der Waals surface area contributed by atoms with Crippen LogP contribution in [0.3, 0.4) is 0 Å². The van der Waals surface area contributed by atoms with Crippen LogP contribution in [-0.2, 0) is 4.79 Å². The Morgan fingerprint density at radius 2 is 1.85 bits per heavy atom. The van der Waals surface area contributed by atoms with E-state index in [0.717, 1.165) is 25.9 Å². The molecule has 0 aliphatic heterocycles. The lowest BCUT2D eigenvalue weighted by Gasteiger charge is -2.32. The van der Waals surface area contributed by atoms with Crippen LogP contribution in [0.5, 0.6) is 0 Å². The Bertz CT molecular complexity index is 290. The minimum absolute atomic E-state index is 0.240.